The van der Waals surface area contributed by atoms with Gasteiger partial charge in [-0.15, -0.1) is 0 Å². The van der Waals surface area contributed by atoms with E-state index in [0.29, 0.717) is 0 Å². The van der Waals surface area contributed by atoms with Gasteiger partial charge < -0.3 is 4.74 Å². The van der Waals surface area contributed by atoms with Crippen molar-refractivity contribution in [1.29, 1.82) is 0 Å². The Bertz CT molecular complexity index is 302. The van der Waals surface area contributed by atoms with Crippen LogP contribution in [0.25, 0.3) is 5.57 Å². The van der Waals surface area contributed by atoms with Crippen molar-refractivity contribution in [2.45, 2.75) is 20.8 Å². The summed E-state index contributed by atoms with van der Waals surface area (Å²) in [4.78, 5) is 0. The standard InChI is InChI=1S/C12H16O/c1-9(2)10(3)11-5-7-12(13-4)8-6-11/h5-8H,1-4H3. The van der Waals surface area contributed by atoms with Crippen LogP contribution in [0, 0.1) is 0 Å². The number of methoxy groups -OCH3 is 1. The van der Waals surface area contributed by atoms with Crippen LogP contribution in [0.2, 0.25) is 0 Å². The lowest BCUT2D eigenvalue weighted by atomic mass is 10.0. The fraction of sp³-hybridized carbons (Fsp3) is 0.333. The molecule has 0 saturated heterocycles. The maximum Gasteiger partial charge on any atom is 0.118 e. The third-order valence-electron chi connectivity index (χ3n) is 2.27. The highest BCUT2D eigenvalue weighted by Gasteiger charge is 1.97. The summed E-state index contributed by atoms with van der Waals surface area (Å²) in [5.74, 6) is 0.908. The van der Waals surface area contributed by atoms with Crippen LogP contribution >= 0.6 is 0 Å². The largest absolute Gasteiger partial charge is 0.497 e. The van der Waals surface area contributed by atoms with E-state index in [1.54, 1.807) is 7.11 Å². The zero-order valence-corrected chi connectivity index (χ0v) is 8.72. The average molecular weight is 176 g/mol. The topological polar surface area (TPSA) is 9.23 Å². The van der Waals surface area contributed by atoms with Crippen LogP contribution in [0.4, 0.5) is 0 Å². The Kier molecular flexibility index (Phi) is 3.13. The van der Waals surface area contributed by atoms with Gasteiger partial charge in [0, 0.05) is 0 Å². The Morgan fingerprint density at radius 2 is 1.54 bits per heavy atom. The van der Waals surface area contributed by atoms with Crippen molar-refractivity contribution in [3.05, 3.63) is 35.4 Å². The van der Waals surface area contributed by atoms with Crippen LogP contribution < -0.4 is 4.74 Å². The van der Waals surface area contributed by atoms with Crippen molar-refractivity contribution >= 4 is 5.57 Å². The Hall–Kier alpha value is -1.24. The second-order valence-corrected chi connectivity index (χ2v) is 3.35. The number of ether oxygens (including phenoxy) is 1. The Morgan fingerprint density at radius 1 is 1.00 bits per heavy atom. The molecule has 0 amide bonds. The minimum atomic E-state index is 0.908. The summed E-state index contributed by atoms with van der Waals surface area (Å²) in [6.07, 6.45) is 0. The number of hydrogen-bond donors (Lipinski definition) is 0. The highest BCUT2D eigenvalue weighted by atomic mass is 16.5. The lowest BCUT2D eigenvalue weighted by Gasteiger charge is -2.05. The van der Waals surface area contributed by atoms with Gasteiger partial charge in [0.25, 0.3) is 0 Å². The van der Waals surface area contributed by atoms with Crippen molar-refractivity contribution in [3.63, 3.8) is 0 Å². The quantitative estimate of drug-likeness (QED) is 0.670. The minimum absolute atomic E-state index is 0.908. The molecule has 0 aliphatic heterocycles. The van der Waals surface area contributed by atoms with Crippen molar-refractivity contribution in [2.75, 3.05) is 7.11 Å². The zero-order chi connectivity index (χ0) is 9.84. The van der Waals surface area contributed by atoms with Crippen molar-refractivity contribution in [1.82, 2.24) is 0 Å². The molecule has 1 aromatic carbocycles. The molecule has 0 aliphatic carbocycles. The van der Waals surface area contributed by atoms with E-state index in [0.717, 1.165) is 5.75 Å². The van der Waals surface area contributed by atoms with E-state index in [9.17, 15) is 0 Å². The van der Waals surface area contributed by atoms with Gasteiger partial charge in [0.05, 0.1) is 7.11 Å². The molecule has 0 spiro atoms. The predicted molar refractivity (Wildman–Crippen MR) is 56.9 cm³/mol. The van der Waals surface area contributed by atoms with Crippen LogP contribution in [-0.4, -0.2) is 7.11 Å². The van der Waals surface area contributed by atoms with Crippen LogP contribution in [-0.2, 0) is 0 Å². The third-order valence-corrected chi connectivity index (χ3v) is 2.27. The maximum absolute atomic E-state index is 5.09. The Morgan fingerprint density at radius 3 is 1.92 bits per heavy atom. The molecule has 0 N–H and O–H groups in total. The van der Waals surface area contributed by atoms with E-state index >= 15 is 0 Å². The second-order valence-electron chi connectivity index (χ2n) is 3.35. The first kappa shape index (κ1) is 9.85. The van der Waals surface area contributed by atoms with Gasteiger partial charge in [0.2, 0.25) is 0 Å². The average Bonchev–Trinajstić information content (AvgIpc) is 2.17. The molecule has 0 saturated carbocycles. The molecule has 0 aliphatic rings. The molecule has 0 aromatic heterocycles. The Balaban J connectivity index is 2.99. The fourth-order valence-electron chi connectivity index (χ4n) is 1.13. The summed E-state index contributed by atoms with van der Waals surface area (Å²) in [5.41, 5.74) is 3.95. The third kappa shape index (κ3) is 2.35. The fourth-order valence-corrected chi connectivity index (χ4v) is 1.13. The summed E-state index contributed by atoms with van der Waals surface area (Å²) in [6, 6.07) is 8.14. The number of hydrogen-bond acceptors (Lipinski definition) is 1. The normalized spacial score (nSPS) is 9.54. The molecule has 0 radical (unpaired) electrons. The number of allylic oxidation sites excluding steroid dienone is 2. The molecular weight excluding hydrogens is 160 g/mol. The van der Waals surface area contributed by atoms with Crippen LogP contribution in [0.5, 0.6) is 5.75 Å². The molecule has 70 valence electrons. The summed E-state index contributed by atoms with van der Waals surface area (Å²) in [5, 5.41) is 0. The lowest BCUT2D eigenvalue weighted by molar-refractivity contribution is 0.415. The minimum Gasteiger partial charge on any atom is -0.497 e. The molecule has 1 aromatic rings. The first-order chi connectivity index (χ1) is 6.15. The van der Waals surface area contributed by atoms with E-state index < -0.39 is 0 Å². The first-order valence-corrected chi connectivity index (χ1v) is 4.43. The van der Waals surface area contributed by atoms with Crippen LogP contribution in [0.1, 0.15) is 26.3 Å². The van der Waals surface area contributed by atoms with E-state index in [1.165, 1.54) is 16.7 Å². The number of rotatable bonds is 2. The summed E-state index contributed by atoms with van der Waals surface area (Å²) >= 11 is 0. The molecule has 13 heavy (non-hydrogen) atoms. The molecule has 0 atom stereocenters. The van der Waals surface area contributed by atoms with Gasteiger partial charge in [-0.05, 0) is 44.0 Å². The van der Waals surface area contributed by atoms with E-state index in [4.69, 9.17) is 4.74 Å². The van der Waals surface area contributed by atoms with E-state index in [2.05, 4.69) is 32.9 Å². The molecule has 0 bridgehead atoms. The summed E-state index contributed by atoms with van der Waals surface area (Å²) < 4.78 is 5.09. The number of benzene rings is 1. The van der Waals surface area contributed by atoms with Gasteiger partial charge in [0.15, 0.2) is 0 Å². The van der Waals surface area contributed by atoms with Gasteiger partial charge >= 0.3 is 0 Å². The molecule has 0 unspecified atom stereocenters. The molecule has 0 fully saturated rings. The van der Waals surface area contributed by atoms with E-state index in [-0.39, 0.29) is 0 Å². The first-order valence-electron chi connectivity index (χ1n) is 4.43. The molecule has 0 heterocycles. The summed E-state index contributed by atoms with van der Waals surface area (Å²) in [7, 11) is 1.68. The Labute approximate surface area is 80.0 Å². The van der Waals surface area contributed by atoms with Gasteiger partial charge in [-0.3, -0.25) is 0 Å². The highest BCUT2D eigenvalue weighted by molar-refractivity contribution is 5.66. The van der Waals surface area contributed by atoms with Crippen LogP contribution in [0.3, 0.4) is 0 Å². The van der Waals surface area contributed by atoms with Crippen molar-refractivity contribution in [3.8, 4) is 5.75 Å². The lowest BCUT2D eigenvalue weighted by Crippen LogP contribution is -1.85. The van der Waals surface area contributed by atoms with Gasteiger partial charge in [-0.2, -0.15) is 0 Å². The monoisotopic (exact) mass is 176 g/mol. The predicted octanol–water partition coefficient (Wildman–Crippen LogP) is 3.51. The van der Waals surface area contributed by atoms with E-state index in [1.807, 2.05) is 12.1 Å². The maximum atomic E-state index is 5.09. The SMILES string of the molecule is COc1ccc(C(C)=C(C)C)cc1. The molecule has 1 heteroatoms. The summed E-state index contributed by atoms with van der Waals surface area (Å²) in [6.45, 7) is 6.39. The molecule has 1 nitrogen and oxygen atoms in total. The van der Waals surface area contributed by atoms with Crippen molar-refractivity contribution in [2.24, 2.45) is 0 Å². The molecular formula is C12H16O. The van der Waals surface area contributed by atoms with Gasteiger partial charge in [-0.25, -0.2) is 0 Å². The zero-order valence-electron chi connectivity index (χ0n) is 8.72. The van der Waals surface area contributed by atoms with Gasteiger partial charge in [0.1, 0.15) is 5.75 Å². The highest BCUT2D eigenvalue weighted by Crippen LogP contribution is 2.20. The molecule has 1 rings (SSSR count). The van der Waals surface area contributed by atoms with Gasteiger partial charge in [-0.1, -0.05) is 17.7 Å². The van der Waals surface area contributed by atoms with Crippen LogP contribution in [0.15, 0.2) is 29.8 Å². The smallest absolute Gasteiger partial charge is 0.118 e. The van der Waals surface area contributed by atoms with Crippen molar-refractivity contribution < 1.29 is 4.74 Å². The second kappa shape index (κ2) is 4.13.